The molecule has 66 heavy (non-hydrogen) atoms. The zero-order chi connectivity index (χ0) is 44.0. The third-order valence-electron chi connectivity index (χ3n) is 14.8. The van der Waals surface area contributed by atoms with Crippen LogP contribution in [0.5, 0.6) is 5.75 Å². The van der Waals surface area contributed by atoms with Crippen molar-refractivity contribution in [1.82, 2.24) is 15.0 Å². The minimum atomic E-state index is -0.585. The lowest BCUT2D eigenvalue weighted by Gasteiger charge is -2.46. The Morgan fingerprint density at radius 2 is 1.15 bits per heavy atom. The first-order valence-electron chi connectivity index (χ1n) is 23.4. The Morgan fingerprint density at radius 3 is 1.95 bits per heavy atom. The minimum absolute atomic E-state index is 0.0552. The van der Waals surface area contributed by atoms with Crippen LogP contribution in [-0.4, -0.2) is 21.1 Å². The molecule has 0 fully saturated rings. The molecule has 4 heteroatoms. The molecule has 0 bridgehead atoms. The molecule has 7 aromatic carbocycles. The maximum Gasteiger partial charge on any atom is 0.164 e. The highest BCUT2D eigenvalue weighted by Gasteiger charge is 2.54. The van der Waals surface area contributed by atoms with Crippen LogP contribution in [-0.2, 0) is 10.8 Å². The molecule has 4 aliphatic carbocycles. The second kappa shape index (κ2) is 14.9. The van der Waals surface area contributed by atoms with E-state index >= 15 is 0 Å². The molecule has 0 saturated heterocycles. The van der Waals surface area contributed by atoms with Gasteiger partial charge in [-0.25, -0.2) is 15.0 Å². The molecule has 316 valence electrons. The number of rotatable bonds is 5. The van der Waals surface area contributed by atoms with Gasteiger partial charge in [0.25, 0.3) is 0 Å². The molecule has 2 unspecified atom stereocenters. The summed E-state index contributed by atoms with van der Waals surface area (Å²) in [6.45, 7) is 4.76. The van der Waals surface area contributed by atoms with Gasteiger partial charge in [0, 0.05) is 33.6 Å². The molecule has 1 aromatic heterocycles. The van der Waals surface area contributed by atoms with Crippen LogP contribution in [0.2, 0.25) is 0 Å². The maximum atomic E-state index is 6.56. The molecule has 0 amide bonds. The van der Waals surface area contributed by atoms with Gasteiger partial charge >= 0.3 is 0 Å². The number of allylic oxidation sites excluding steroid dienone is 6. The van der Waals surface area contributed by atoms with Crippen LogP contribution < -0.4 is 4.74 Å². The van der Waals surface area contributed by atoms with Crippen LogP contribution in [0.15, 0.2) is 200 Å². The van der Waals surface area contributed by atoms with E-state index in [-0.39, 0.29) is 17.4 Å². The third kappa shape index (κ3) is 5.80. The van der Waals surface area contributed by atoms with Crippen molar-refractivity contribution in [2.24, 2.45) is 0 Å². The van der Waals surface area contributed by atoms with Gasteiger partial charge in [0.1, 0.15) is 11.9 Å². The lowest BCUT2D eigenvalue weighted by molar-refractivity contribution is 0.269. The lowest BCUT2D eigenvalue weighted by Crippen LogP contribution is -2.40. The van der Waals surface area contributed by atoms with Gasteiger partial charge < -0.3 is 4.74 Å². The highest BCUT2D eigenvalue weighted by Crippen LogP contribution is 2.63. The standard InChI is InChI=1S/C62H47N3O/c1-61(2)50-23-11-13-25-52(50)62(53-26-14-12-24-51(53)61)49-36-34-43(44-33-35-46-45-21-10-15-28-55(45)66-56(46)38-44)37-48(49)57-47(22-16-27-54(57)62)60-64-58(41-19-6-3-4-7-20-41)63-59(65-60)42-31-29-40(30-32-42)39-17-8-5-9-18-39/h5-6,8-38,46,56H,3-4,7H2,1-2H3. The van der Waals surface area contributed by atoms with Crippen molar-refractivity contribution >= 4 is 11.1 Å². The number of fused-ring (bicyclic) bond motifs is 12. The van der Waals surface area contributed by atoms with Crippen molar-refractivity contribution in [2.75, 3.05) is 0 Å². The number of aromatic nitrogens is 3. The number of para-hydroxylation sites is 1. The summed E-state index contributed by atoms with van der Waals surface area (Å²) in [4.78, 5) is 16.1. The summed E-state index contributed by atoms with van der Waals surface area (Å²) in [5.74, 6) is 3.20. The smallest absolute Gasteiger partial charge is 0.164 e. The predicted octanol–water partition coefficient (Wildman–Crippen LogP) is 14.5. The van der Waals surface area contributed by atoms with E-state index in [4.69, 9.17) is 19.7 Å². The van der Waals surface area contributed by atoms with E-state index in [2.05, 4.69) is 214 Å². The van der Waals surface area contributed by atoms with Crippen LogP contribution in [0, 0.1) is 0 Å². The molecular weight excluding hydrogens is 803 g/mol. The monoisotopic (exact) mass is 849 g/mol. The van der Waals surface area contributed by atoms with E-state index in [9.17, 15) is 0 Å². The molecule has 0 saturated carbocycles. The van der Waals surface area contributed by atoms with Crippen LogP contribution in [0.3, 0.4) is 0 Å². The second-order valence-corrected chi connectivity index (χ2v) is 18.8. The van der Waals surface area contributed by atoms with Crippen molar-refractivity contribution in [3.05, 3.63) is 251 Å². The van der Waals surface area contributed by atoms with Gasteiger partial charge in [-0.2, -0.15) is 0 Å². The molecule has 2 atom stereocenters. The summed E-state index contributed by atoms with van der Waals surface area (Å²) in [7, 11) is 0. The molecule has 5 aliphatic rings. The van der Waals surface area contributed by atoms with Gasteiger partial charge in [-0.1, -0.05) is 196 Å². The van der Waals surface area contributed by atoms with E-state index in [1.54, 1.807) is 0 Å². The molecule has 4 nitrogen and oxygen atoms in total. The number of ether oxygens (including phenoxy) is 1. The van der Waals surface area contributed by atoms with E-state index in [1.165, 1.54) is 50.1 Å². The quantitative estimate of drug-likeness (QED) is 0.173. The number of nitrogens with zero attached hydrogens (tertiary/aromatic N) is 3. The van der Waals surface area contributed by atoms with Gasteiger partial charge in [-0.3, -0.25) is 0 Å². The van der Waals surface area contributed by atoms with Crippen molar-refractivity contribution in [1.29, 1.82) is 0 Å². The summed E-state index contributed by atoms with van der Waals surface area (Å²) >= 11 is 0. The lowest BCUT2D eigenvalue weighted by atomic mass is 9.55. The van der Waals surface area contributed by atoms with Crippen molar-refractivity contribution in [3.8, 4) is 50.8 Å². The SMILES string of the molecule is CC1(C)c2ccccc2C2(c3ccc(C4=CC5Oc6ccccc6C5C=C4)cc3-c3c(-c4nc(C5=CCCCC=C5)nc(-c5ccc(-c6ccccc6)cc5)n4)cccc32)c2ccccc21. The van der Waals surface area contributed by atoms with Gasteiger partial charge in [-0.15, -0.1) is 0 Å². The summed E-state index contributed by atoms with van der Waals surface area (Å²) in [5.41, 5.74) is 18.3. The van der Waals surface area contributed by atoms with Crippen molar-refractivity contribution in [2.45, 2.75) is 56.0 Å². The molecule has 2 heterocycles. The fourth-order valence-corrected chi connectivity index (χ4v) is 11.7. The second-order valence-electron chi connectivity index (χ2n) is 18.8. The van der Waals surface area contributed by atoms with E-state index in [1.807, 2.05) is 0 Å². The Kier molecular flexibility index (Phi) is 8.77. The predicted molar refractivity (Wildman–Crippen MR) is 267 cm³/mol. The Bertz CT molecular complexity index is 3360. The first-order valence-corrected chi connectivity index (χ1v) is 23.4. The molecule has 0 radical (unpaired) electrons. The Hall–Kier alpha value is -7.69. The summed E-state index contributed by atoms with van der Waals surface area (Å²) in [6.07, 6.45) is 16.7. The van der Waals surface area contributed by atoms with Gasteiger partial charge in [0.05, 0.1) is 5.41 Å². The molecular formula is C62H47N3O. The summed E-state index contributed by atoms with van der Waals surface area (Å²) < 4.78 is 6.56. The van der Waals surface area contributed by atoms with Crippen LogP contribution in [0.4, 0.5) is 0 Å². The normalized spacial score (nSPS) is 18.7. The number of benzene rings is 7. The van der Waals surface area contributed by atoms with E-state index in [0.29, 0.717) is 17.5 Å². The molecule has 1 aliphatic heterocycles. The van der Waals surface area contributed by atoms with Crippen LogP contribution in [0.1, 0.15) is 89.4 Å². The summed E-state index contributed by atoms with van der Waals surface area (Å²) in [6, 6.07) is 59.9. The number of hydrogen-bond acceptors (Lipinski definition) is 4. The first-order chi connectivity index (χ1) is 32.5. The zero-order valence-corrected chi connectivity index (χ0v) is 37.1. The van der Waals surface area contributed by atoms with E-state index < -0.39 is 5.41 Å². The highest BCUT2D eigenvalue weighted by molar-refractivity contribution is 5.97. The van der Waals surface area contributed by atoms with Gasteiger partial charge in [0.15, 0.2) is 17.5 Å². The average molecular weight is 850 g/mol. The zero-order valence-electron chi connectivity index (χ0n) is 37.1. The molecule has 0 N–H and O–H groups in total. The van der Waals surface area contributed by atoms with Crippen LogP contribution >= 0.6 is 0 Å². The Morgan fingerprint density at radius 1 is 0.500 bits per heavy atom. The third-order valence-corrected chi connectivity index (χ3v) is 14.8. The van der Waals surface area contributed by atoms with E-state index in [0.717, 1.165) is 64.0 Å². The van der Waals surface area contributed by atoms with Gasteiger partial charge in [0.2, 0.25) is 0 Å². The van der Waals surface area contributed by atoms with Gasteiger partial charge in [-0.05, 0) is 104 Å². The molecule has 8 aromatic rings. The molecule has 13 rings (SSSR count). The highest BCUT2D eigenvalue weighted by atomic mass is 16.5. The minimum Gasteiger partial charge on any atom is -0.485 e. The largest absolute Gasteiger partial charge is 0.485 e. The first kappa shape index (κ1) is 38.7. The fourth-order valence-electron chi connectivity index (χ4n) is 11.7. The van der Waals surface area contributed by atoms with Crippen LogP contribution in [0.25, 0.3) is 56.2 Å². The Labute approximate surface area is 386 Å². The number of hydrogen-bond donors (Lipinski definition) is 0. The molecule has 1 spiro atoms. The topological polar surface area (TPSA) is 47.9 Å². The van der Waals surface area contributed by atoms with Crippen molar-refractivity contribution < 1.29 is 4.74 Å². The average Bonchev–Trinajstić information content (AvgIpc) is 3.74. The maximum absolute atomic E-state index is 6.56. The Balaban J connectivity index is 1.05. The van der Waals surface area contributed by atoms with Crippen molar-refractivity contribution in [3.63, 3.8) is 0 Å². The summed E-state index contributed by atoms with van der Waals surface area (Å²) in [5, 5.41) is 0. The fraction of sp³-hybridized carbons (Fsp3) is 0.145.